The summed E-state index contributed by atoms with van der Waals surface area (Å²) >= 11 is 0. The summed E-state index contributed by atoms with van der Waals surface area (Å²) in [5, 5.41) is 3.33. The van der Waals surface area contributed by atoms with Crippen molar-refractivity contribution >= 4 is 5.91 Å². The summed E-state index contributed by atoms with van der Waals surface area (Å²) in [7, 11) is 0. The van der Waals surface area contributed by atoms with Crippen LogP contribution in [-0.4, -0.2) is 36.5 Å². The molecule has 3 aliphatic rings. The highest BCUT2D eigenvalue weighted by atomic mass is 16.2. The van der Waals surface area contributed by atoms with Gasteiger partial charge in [-0.15, -0.1) is 0 Å². The molecule has 19 heavy (non-hydrogen) atoms. The third kappa shape index (κ3) is 3.13. The Labute approximate surface area is 117 Å². The Morgan fingerprint density at radius 3 is 2.47 bits per heavy atom. The number of hydrogen-bond acceptors (Lipinski definition) is 2. The average molecular weight is 264 g/mol. The summed E-state index contributed by atoms with van der Waals surface area (Å²) in [6.07, 6.45) is 6.48. The van der Waals surface area contributed by atoms with Gasteiger partial charge in [0.05, 0.1) is 0 Å². The fourth-order valence-electron chi connectivity index (χ4n) is 3.58. The molecule has 1 N–H and O–H groups in total. The van der Waals surface area contributed by atoms with Crippen LogP contribution in [0.4, 0.5) is 0 Å². The fourth-order valence-corrected chi connectivity index (χ4v) is 3.58. The minimum Gasteiger partial charge on any atom is -0.352 e. The minimum atomic E-state index is 0.321. The zero-order valence-electron chi connectivity index (χ0n) is 12.4. The van der Waals surface area contributed by atoms with E-state index in [0.717, 1.165) is 25.3 Å². The number of hydrogen-bond donors (Lipinski definition) is 1. The van der Waals surface area contributed by atoms with E-state index in [1.165, 1.54) is 32.4 Å². The smallest absolute Gasteiger partial charge is 0.223 e. The van der Waals surface area contributed by atoms with E-state index in [0.29, 0.717) is 29.7 Å². The van der Waals surface area contributed by atoms with Crippen molar-refractivity contribution in [2.45, 2.75) is 52.0 Å². The van der Waals surface area contributed by atoms with E-state index in [2.05, 4.69) is 24.1 Å². The molecule has 108 valence electrons. The van der Waals surface area contributed by atoms with E-state index in [1.54, 1.807) is 0 Å². The van der Waals surface area contributed by atoms with Crippen molar-refractivity contribution in [2.75, 3.05) is 19.6 Å². The molecule has 3 fully saturated rings. The highest BCUT2D eigenvalue weighted by Gasteiger charge is 2.39. The second kappa shape index (κ2) is 5.43. The molecule has 3 nitrogen and oxygen atoms in total. The van der Waals surface area contributed by atoms with E-state index < -0.39 is 0 Å². The molecule has 3 rings (SSSR count). The number of rotatable bonds is 5. The number of carbonyl (C=O) groups is 1. The van der Waals surface area contributed by atoms with Gasteiger partial charge in [0.25, 0.3) is 0 Å². The van der Waals surface area contributed by atoms with Gasteiger partial charge < -0.3 is 10.2 Å². The van der Waals surface area contributed by atoms with E-state index in [-0.39, 0.29) is 0 Å². The molecule has 2 atom stereocenters. The van der Waals surface area contributed by atoms with Crippen molar-refractivity contribution in [3.63, 3.8) is 0 Å². The maximum Gasteiger partial charge on any atom is 0.223 e. The summed E-state index contributed by atoms with van der Waals surface area (Å²) < 4.78 is 0. The Hall–Kier alpha value is -0.570. The molecule has 1 aliphatic heterocycles. The molecule has 0 bridgehead atoms. The van der Waals surface area contributed by atoms with E-state index in [1.807, 2.05) is 0 Å². The topological polar surface area (TPSA) is 32.3 Å². The highest BCUT2D eigenvalue weighted by Crippen LogP contribution is 2.33. The van der Waals surface area contributed by atoms with Crippen molar-refractivity contribution in [3.05, 3.63) is 0 Å². The van der Waals surface area contributed by atoms with E-state index in [9.17, 15) is 4.79 Å². The van der Waals surface area contributed by atoms with Crippen LogP contribution >= 0.6 is 0 Å². The van der Waals surface area contributed by atoms with Gasteiger partial charge in [-0.2, -0.15) is 0 Å². The zero-order valence-corrected chi connectivity index (χ0v) is 12.4. The Morgan fingerprint density at radius 2 is 1.95 bits per heavy atom. The van der Waals surface area contributed by atoms with Crippen LogP contribution in [0.3, 0.4) is 0 Å². The lowest BCUT2D eigenvalue weighted by Crippen LogP contribution is -2.42. The van der Waals surface area contributed by atoms with Crippen molar-refractivity contribution in [1.29, 1.82) is 0 Å². The van der Waals surface area contributed by atoms with Crippen LogP contribution in [0.1, 0.15) is 46.0 Å². The molecule has 3 heteroatoms. The lowest BCUT2D eigenvalue weighted by Gasteiger charge is -2.30. The molecule has 1 saturated heterocycles. The van der Waals surface area contributed by atoms with Gasteiger partial charge in [-0.1, -0.05) is 20.3 Å². The molecule has 2 saturated carbocycles. The summed E-state index contributed by atoms with van der Waals surface area (Å²) in [5.41, 5.74) is 0. The molecule has 1 amide bonds. The Morgan fingerprint density at radius 1 is 1.21 bits per heavy atom. The fraction of sp³-hybridized carbons (Fsp3) is 0.938. The standard InChI is InChI=1S/C16H28N2O/c1-11(2)14-9-18(8-12-4-3-5-12)10-15(14)17-16(19)13-6-7-13/h11-15H,3-10H2,1-2H3,(H,17,19)/t14-,15+/m1/s1. The van der Waals surface area contributed by atoms with Gasteiger partial charge in [0.15, 0.2) is 0 Å². The third-order valence-electron chi connectivity index (χ3n) is 5.31. The summed E-state index contributed by atoms with van der Waals surface area (Å²) in [5.74, 6) is 2.90. The number of carbonyl (C=O) groups excluding carboxylic acids is 1. The van der Waals surface area contributed by atoms with Gasteiger partial charge >= 0.3 is 0 Å². The van der Waals surface area contributed by atoms with Gasteiger partial charge in [0.2, 0.25) is 5.91 Å². The first-order valence-corrected chi connectivity index (χ1v) is 8.16. The van der Waals surface area contributed by atoms with Gasteiger partial charge in [0.1, 0.15) is 0 Å². The molecular weight excluding hydrogens is 236 g/mol. The van der Waals surface area contributed by atoms with Gasteiger partial charge in [-0.3, -0.25) is 4.79 Å². The number of nitrogens with zero attached hydrogens (tertiary/aromatic N) is 1. The van der Waals surface area contributed by atoms with Crippen LogP contribution < -0.4 is 5.32 Å². The van der Waals surface area contributed by atoms with Crippen molar-refractivity contribution < 1.29 is 4.79 Å². The quantitative estimate of drug-likeness (QED) is 0.826. The van der Waals surface area contributed by atoms with Gasteiger partial charge in [0, 0.05) is 31.6 Å². The predicted molar refractivity (Wildman–Crippen MR) is 76.8 cm³/mol. The largest absolute Gasteiger partial charge is 0.352 e. The van der Waals surface area contributed by atoms with E-state index >= 15 is 0 Å². The Balaban J connectivity index is 1.54. The first-order chi connectivity index (χ1) is 9.13. The van der Waals surface area contributed by atoms with Crippen LogP contribution in [0.15, 0.2) is 0 Å². The molecule has 2 aliphatic carbocycles. The molecular formula is C16H28N2O. The number of amides is 1. The molecule has 1 heterocycles. The van der Waals surface area contributed by atoms with Gasteiger partial charge in [-0.25, -0.2) is 0 Å². The number of likely N-dealkylation sites (tertiary alicyclic amines) is 1. The monoisotopic (exact) mass is 264 g/mol. The lowest BCUT2D eigenvalue weighted by atomic mass is 9.85. The Bertz CT molecular complexity index is 334. The average Bonchev–Trinajstić information content (AvgIpc) is 3.07. The number of nitrogens with one attached hydrogen (secondary N) is 1. The normalized spacial score (nSPS) is 32.6. The molecule has 0 aromatic heterocycles. The predicted octanol–water partition coefficient (Wildman–Crippen LogP) is 2.27. The molecule has 0 aromatic rings. The molecule has 0 aromatic carbocycles. The summed E-state index contributed by atoms with van der Waals surface area (Å²) in [6, 6.07) is 0.396. The van der Waals surface area contributed by atoms with Crippen LogP contribution in [0.2, 0.25) is 0 Å². The Kier molecular flexibility index (Phi) is 3.84. The zero-order chi connectivity index (χ0) is 13.4. The van der Waals surface area contributed by atoms with Crippen LogP contribution in [0.25, 0.3) is 0 Å². The SMILES string of the molecule is CC(C)[C@H]1CN(CC2CCC2)C[C@@H]1NC(=O)C1CC1. The summed E-state index contributed by atoms with van der Waals surface area (Å²) in [6.45, 7) is 8.13. The second-order valence-corrected chi connectivity index (χ2v) is 7.31. The van der Waals surface area contributed by atoms with Crippen molar-refractivity contribution in [3.8, 4) is 0 Å². The maximum absolute atomic E-state index is 12.0. The molecule has 0 unspecified atom stereocenters. The van der Waals surface area contributed by atoms with E-state index in [4.69, 9.17) is 0 Å². The van der Waals surface area contributed by atoms with Crippen molar-refractivity contribution in [2.24, 2.45) is 23.7 Å². The minimum absolute atomic E-state index is 0.321. The van der Waals surface area contributed by atoms with Crippen molar-refractivity contribution in [1.82, 2.24) is 10.2 Å². The van der Waals surface area contributed by atoms with Crippen LogP contribution in [-0.2, 0) is 4.79 Å². The third-order valence-corrected chi connectivity index (χ3v) is 5.31. The summed E-state index contributed by atoms with van der Waals surface area (Å²) in [4.78, 5) is 14.6. The molecule has 0 radical (unpaired) electrons. The first kappa shape index (κ1) is 13.4. The maximum atomic E-state index is 12.0. The first-order valence-electron chi connectivity index (χ1n) is 8.16. The highest BCUT2D eigenvalue weighted by molar-refractivity contribution is 5.81. The second-order valence-electron chi connectivity index (χ2n) is 7.31. The van der Waals surface area contributed by atoms with Crippen LogP contribution in [0.5, 0.6) is 0 Å². The van der Waals surface area contributed by atoms with Crippen LogP contribution in [0, 0.1) is 23.7 Å². The lowest BCUT2D eigenvalue weighted by molar-refractivity contribution is -0.123. The molecule has 0 spiro atoms. The van der Waals surface area contributed by atoms with Gasteiger partial charge in [-0.05, 0) is 43.4 Å².